The zero-order valence-electron chi connectivity index (χ0n) is 6.99. The first-order valence-corrected chi connectivity index (χ1v) is 4.58. The fourth-order valence-corrected chi connectivity index (χ4v) is 1.38. The van der Waals surface area contributed by atoms with E-state index in [1.165, 1.54) is 0 Å². The van der Waals surface area contributed by atoms with E-state index >= 15 is 0 Å². The lowest BCUT2D eigenvalue weighted by atomic mass is 10.3. The van der Waals surface area contributed by atoms with Crippen molar-refractivity contribution in [2.75, 3.05) is 0 Å². The Kier molecular flexibility index (Phi) is 2.14. The Bertz CT molecular complexity index is 425. The first kappa shape index (κ1) is 8.44. The van der Waals surface area contributed by atoms with E-state index in [0.717, 1.165) is 15.8 Å². The molecular formula is C9H7BrN2O. The summed E-state index contributed by atoms with van der Waals surface area (Å²) in [5.74, 6) is 1.40. The van der Waals surface area contributed by atoms with Gasteiger partial charge in [0.25, 0.3) is 0 Å². The van der Waals surface area contributed by atoms with Crippen molar-refractivity contribution in [2.24, 2.45) is 0 Å². The third kappa shape index (κ3) is 1.78. The molecule has 0 amide bonds. The van der Waals surface area contributed by atoms with Crippen molar-refractivity contribution in [3.05, 3.63) is 34.9 Å². The number of aryl methyl sites for hydroxylation is 1. The molecule has 0 aliphatic carbocycles. The molecular weight excluding hydrogens is 232 g/mol. The Balaban J connectivity index is 2.46. The lowest BCUT2D eigenvalue weighted by molar-refractivity contribution is 0.542. The Hall–Kier alpha value is -1.16. The second kappa shape index (κ2) is 3.30. The van der Waals surface area contributed by atoms with Crippen LogP contribution in [0, 0.1) is 6.92 Å². The maximum atomic E-state index is 5.35. The zero-order chi connectivity index (χ0) is 9.26. The summed E-state index contributed by atoms with van der Waals surface area (Å²) in [4.78, 5) is 8.12. The van der Waals surface area contributed by atoms with E-state index in [1.807, 2.05) is 13.0 Å². The van der Waals surface area contributed by atoms with E-state index in [2.05, 4.69) is 25.9 Å². The van der Waals surface area contributed by atoms with Crippen LogP contribution in [-0.4, -0.2) is 9.97 Å². The first-order chi connectivity index (χ1) is 6.25. The highest BCUT2D eigenvalue weighted by atomic mass is 79.9. The highest BCUT2D eigenvalue weighted by Crippen LogP contribution is 2.20. The molecule has 13 heavy (non-hydrogen) atoms. The molecule has 0 radical (unpaired) electrons. The molecule has 0 N–H and O–H groups in total. The average Bonchev–Trinajstić information content (AvgIpc) is 2.52. The molecule has 0 bridgehead atoms. The van der Waals surface area contributed by atoms with Crippen LogP contribution in [0.5, 0.6) is 0 Å². The van der Waals surface area contributed by atoms with Crippen molar-refractivity contribution in [1.82, 2.24) is 9.97 Å². The van der Waals surface area contributed by atoms with E-state index < -0.39 is 0 Å². The van der Waals surface area contributed by atoms with Gasteiger partial charge in [0, 0.05) is 16.9 Å². The first-order valence-electron chi connectivity index (χ1n) is 3.79. The molecule has 0 aliphatic rings. The lowest BCUT2D eigenvalue weighted by Gasteiger charge is -1.94. The lowest BCUT2D eigenvalue weighted by Crippen LogP contribution is -1.79. The molecule has 4 heteroatoms. The molecule has 0 aromatic carbocycles. The predicted molar refractivity (Wildman–Crippen MR) is 52.2 cm³/mol. The molecule has 0 saturated carbocycles. The molecule has 66 valence electrons. The van der Waals surface area contributed by atoms with Gasteiger partial charge < -0.3 is 4.42 Å². The predicted octanol–water partition coefficient (Wildman–Crippen LogP) is 2.81. The quantitative estimate of drug-likeness (QED) is 0.767. The van der Waals surface area contributed by atoms with Gasteiger partial charge in [-0.2, -0.15) is 0 Å². The standard InChI is InChI=1S/C9H7BrN2O/c1-6-3-12-9(13-6)7-2-8(10)5-11-4-7/h2-5H,1H3. The molecule has 2 heterocycles. The van der Waals surface area contributed by atoms with Crippen molar-refractivity contribution < 1.29 is 4.42 Å². The monoisotopic (exact) mass is 238 g/mol. The molecule has 2 rings (SSSR count). The fourth-order valence-electron chi connectivity index (χ4n) is 1.02. The third-order valence-electron chi connectivity index (χ3n) is 1.57. The number of oxazole rings is 1. The van der Waals surface area contributed by atoms with Crippen LogP contribution in [0.4, 0.5) is 0 Å². The Morgan fingerprint density at radius 2 is 2.15 bits per heavy atom. The minimum Gasteiger partial charge on any atom is -0.441 e. The number of hydrogen-bond acceptors (Lipinski definition) is 3. The Morgan fingerprint density at radius 1 is 1.31 bits per heavy atom. The van der Waals surface area contributed by atoms with Crippen LogP contribution in [0.1, 0.15) is 5.76 Å². The van der Waals surface area contributed by atoms with Crippen molar-refractivity contribution >= 4 is 15.9 Å². The van der Waals surface area contributed by atoms with Gasteiger partial charge in [-0.3, -0.25) is 4.98 Å². The van der Waals surface area contributed by atoms with Gasteiger partial charge in [0.15, 0.2) is 0 Å². The molecule has 2 aromatic rings. The summed E-state index contributed by atoms with van der Waals surface area (Å²) < 4.78 is 6.27. The minimum atomic E-state index is 0.603. The van der Waals surface area contributed by atoms with Crippen molar-refractivity contribution in [1.29, 1.82) is 0 Å². The summed E-state index contributed by atoms with van der Waals surface area (Å²) >= 11 is 3.33. The average molecular weight is 239 g/mol. The number of aromatic nitrogens is 2. The van der Waals surface area contributed by atoms with Gasteiger partial charge in [0.2, 0.25) is 5.89 Å². The van der Waals surface area contributed by atoms with E-state index in [4.69, 9.17) is 4.42 Å². The Labute approximate surface area is 84.0 Å². The topological polar surface area (TPSA) is 38.9 Å². The summed E-state index contributed by atoms with van der Waals surface area (Å²) in [6.07, 6.45) is 5.13. The van der Waals surface area contributed by atoms with Gasteiger partial charge in [-0.05, 0) is 28.9 Å². The van der Waals surface area contributed by atoms with Gasteiger partial charge in [0.1, 0.15) is 5.76 Å². The number of halogens is 1. The largest absolute Gasteiger partial charge is 0.441 e. The van der Waals surface area contributed by atoms with Crippen LogP contribution in [0.15, 0.2) is 33.5 Å². The second-order valence-corrected chi connectivity index (χ2v) is 3.58. The fraction of sp³-hybridized carbons (Fsp3) is 0.111. The van der Waals surface area contributed by atoms with Gasteiger partial charge in [-0.25, -0.2) is 4.98 Å². The molecule has 2 aromatic heterocycles. The Morgan fingerprint density at radius 3 is 2.77 bits per heavy atom. The van der Waals surface area contributed by atoms with Gasteiger partial charge >= 0.3 is 0 Å². The van der Waals surface area contributed by atoms with E-state index in [-0.39, 0.29) is 0 Å². The maximum Gasteiger partial charge on any atom is 0.227 e. The van der Waals surface area contributed by atoms with Crippen LogP contribution < -0.4 is 0 Å². The number of rotatable bonds is 1. The SMILES string of the molecule is Cc1cnc(-c2cncc(Br)c2)o1. The highest BCUT2D eigenvalue weighted by molar-refractivity contribution is 9.10. The third-order valence-corrected chi connectivity index (χ3v) is 2.01. The maximum absolute atomic E-state index is 5.35. The van der Waals surface area contributed by atoms with Crippen LogP contribution in [-0.2, 0) is 0 Å². The van der Waals surface area contributed by atoms with Gasteiger partial charge in [-0.1, -0.05) is 0 Å². The van der Waals surface area contributed by atoms with Crippen LogP contribution >= 0.6 is 15.9 Å². The number of pyridine rings is 1. The molecule has 0 aliphatic heterocycles. The van der Waals surface area contributed by atoms with Crippen molar-refractivity contribution in [3.8, 4) is 11.5 Å². The van der Waals surface area contributed by atoms with Crippen LogP contribution in [0.3, 0.4) is 0 Å². The molecule has 0 unspecified atom stereocenters. The summed E-state index contributed by atoms with van der Waals surface area (Å²) in [6, 6.07) is 1.91. The summed E-state index contributed by atoms with van der Waals surface area (Å²) in [5, 5.41) is 0. The number of hydrogen-bond donors (Lipinski definition) is 0. The van der Waals surface area contributed by atoms with Crippen LogP contribution in [0.25, 0.3) is 11.5 Å². The van der Waals surface area contributed by atoms with Gasteiger partial charge in [-0.15, -0.1) is 0 Å². The van der Waals surface area contributed by atoms with E-state index in [0.29, 0.717) is 5.89 Å². The molecule has 0 spiro atoms. The molecule has 3 nitrogen and oxygen atoms in total. The normalized spacial score (nSPS) is 10.3. The highest BCUT2D eigenvalue weighted by Gasteiger charge is 2.04. The summed E-state index contributed by atoms with van der Waals surface area (Å²) in [6.45, 7) is 1.86. The van der Waals surface area contributed by atoms with E-state index in [1.54, 1.807) is 18.6 Å². The smallest absolute Gasteiger partial charge is 0.227 e. The molecule has 0 fully saturated rings. The van der Waals surface area contributed by atoms with Gasteiger partial charge in [0.05, 0.1) is 11.8 Å². The minimum absolute atomic E-state index is 0.603. The summed E-state index contributed by atoms with van der Waals surface area (Å²) in [5.41, 5.74) is 0.877. The number of nitrogens with zero attached hydrogens (tertiary/aromatic N) is 2. The van der Waals surface area contributed by atoms with Crippen molar-refractivity contribution in [2.45, 2.75) is 6.92 Å². The van der Waals surface area contributed by atoms with E-state index in [9.17, 15) is 0 Å². The van der Waals surface area contributed by atoms with Crippen LogP contribution in [0.2, 0.25) is 0 Å². The molecule has 0 saturated heterocycles. The second-order valence-electron chi connectivity index (χ2n) is 2.67. The van der Waals surface area contributed by atoms with Crippen molar-refractivity contribution in [3.63, 3.8) is 0 Å². The molecule has 0 atom stereocenters. The summed E-state index contributed by atoms with van der Waals surface area (Å²) in [7, 11) is 0. The zero-order valence-corrected chi connectivity index (χ0v) is 8.58.